The highest BCUT2D eigenvalue weighted by atomic mass is 16.5. The predicted molar refractivity (Wildman–Crippen MR) is 102 cm³/mol. The molecule has 132 valence electrons. The summed E-state index contributed by atoms with van der Waals surface area (Å²) in [5, 5.41) is 10.4. The van der Waals surface area contributed by atoms with Gasteiger partial charge < -0.3 is 10.5 Å². The van der Waals surface area contributed by atoms with E-state index in [4.69, 9.17) is 20.9 Å². The van der Waals surface area contributed by atoms with Crippen LogP contribution in [-0.4, -0.2) is 23.5 Å². The molecule has 0 bridgehead atoms. The number of hydrogen-bond donors (Lipinski definition) is 3. The van der Waals surface area contributed by atoms with Gasteiger partial charge in [-0.1, -0.05) is 37.3 Å². The second-order valence-corrected chi connectivity index (χ2v) is 5.78. The summed E-state index contributed by atoms with van der Waals surface area (Å²) in [4.78, 5) is 17.2. The highest BCUT2D eigenvalue weighted by Crippen LogP contribution is 2.31. The van der Waals surface area contributed by atoms with E-state index in [1.54, 1.807) is 6.07 Å². The lowest BCUT2D eigenvalue weighted by atomic mass is 10.0. The molecule has 0 atom stereocenters. The summed E-state index contributed by atoms with van der Waals surface area (Å²) in [5.41, 5.74) is 7.85. The van der Waals surface area contributed by atoms with Gasteiger partial charge in [0, 0.05) is 10.9 Å². The van der Waals surface area contributed by atoms with Crippen LogP contribution in [0.2, 0.25) is 0 Å². The normalized spacial score (nSPS) is 10.5. The van der Waals surface area contributed by atoms with E-state index in [2.05, 4.69) is 5.32 Å². The van der Waals surface area contributed by atoms with Crippen molar-refractivity contribution in [2.45, 2.75) is 13.3 Å². The molecule has 2 aromatic carbocycles. The van der Waals surface area contributed by atoms with Crippen LogP contribution >= 0.6 is 0 Å². The molecular weight excluding hydrogens is 328 g/mol. The maximum absolute atomic E-state index is 12.5. The van der Waals surface area contributed by atoms with Crippen molar-refractivity contribution in [3.8, 4) is 17.0 Å². The van der Waals surface area contributed by atoms with Gasteiger partial charge >= 0.3 is 0 Å². The van der Waals surface area contributed by atoms with Crippen molar-refractivity contribution < 1.29 is 9.53 Å². The number of amides is 1. The van der Waals surface area contributed by atoms with Crippen molar-refractivity contribution in [2.24, 2.45) is 5.73 Å². The fraction of sp³-hybridized carbons (Fsp3) is 0.150. The molecule has 26 heavy (non-hydrogen) atoms. The maximum atomic E-state index is 12.5. The summed E-state index contributed by atoms with van der Waals surface area (Å²) in [5.74, 6) is -0.122. The third-order valence-electron chi connectivity index (χ3n) is 3.83. The molecule has 6 heteroatoms. The number of aromatic nitrogens is 1. The van der Waals surface area contributed by atoms with Gasteiger partial charge in [0.1, 0.15) is 5.75 Å². The highest BCUT2D eigenvalue weighted by molar-refractivity contribution is 6.12. The Morgan fingerprint density at radius 3 is 2.69 bits per heavy atom. The molecule has 1 aromatic heterocycles. The van der Waals surface area contributed by atoms with Gasteiger partial charge in [0.2, 0.25) is 0 Å². The second kappa shape index (κ2) is 7.65. The molecule has 0 saturated heterocycles. The van der Waals surface area contributed by atoms with Crippen molar-refractivity contribution in [1.82, 2.24) is 10.3 Å². The van der Waals surface area contributed by atoms with Crippen LogP contribution in [0.25, 0.3) is 22.2 Å². The van der Waals surface area contributed by atoms with E-state index in [9.17, 15) is 4.79 Å². The maximum Gasteiger partial charge on any atom is 0.258 e. The second-order valence-electron chi connectivity index (χ2n) is 5.78. The van der Waals surface area contributed by atoms with Crippen LogP contribution in [0.1, 0.15) is 23.7 Å². The van der Waals surface area contributed by atoms with Gasteiger partial charge in [-0.05, 0) is 30.7 Å². The molecule has 0 aliphatic rings. The zero-order valence-electron chi connectivity index (χ0n) is 14.5. The van der Waals surface area contributed by atoms with Crippen molar-refractivity contribution in [3.63, 3.8) is 0 Å². The third-order valence-corrected chi connectivity index (χ3v) is 3.83. The zero-order chi connectivity index (χ0) is 18.5. The Morgan fingerprint density at radius 1 is 1.19 bits per heavy atom. The number of para-hydroxylation sites is 2. The number of carbonyl (C=O) groups excluding carboxylic acids is 1. The topological polar surface area (TPSA) is 101 Å². The van der Waals surface area contributed by atoms with Gasteiger partial charge in [-0.25, -0.2) is 4.98 Å². The van der Waals surface area contributed by atoms with E-state index >= 15 is 0 Å². The van der Waals surface area contributed by atoms with Crippen LogP contribution in [0.15, 0.2) is 54.6 Å². The smallest absolute Gasteiger partial charge is 0.258 e. The van der Waals surface area contributed by atoms with E-state index in [1.165, 1.54) is 0 Å². The van der Waals surface area contributed by atoms with Crippen molar-refractivity contribution in [2.75, 3.05) is 6.61 Å². The van der Waals surface area contributed by atoms with Crippen LogP contribution in [-0.2, 0) is 0 Å². The minimum Gasteiger partial charge on any atom is -0.493 e. The Bertz CT molecular complexity index is 969. The zero-order valence-corrected chi connectivity index (χ0v) is 14.5. The first-order valence-electron chi connectivity index (χ1n) is 8.37. The lowest BCUT2D eigenvalue weighted by molar-refractivity contribution is 0.0978. The molecule has 0 spiro atoms. The van der Waals surface area contributed by atoms with E-state index in [0.29, 0.717) is 28.8 Å². The first-order chi connectivity index (χ1) is 12.6. The monoisotopic (exact) mass is 348 g/mol. The lowest BCUT2D eigenvalue weighted by Crippen LogP contribution is -2.35. The summed E-state index contributed by atoms with van der Waals surface area (Å²) >= 11 is 0. The quantitative estimate of drug-likeness (QED) is 0.486. The number of nitrogens with one attached hydrogen (secondary N) is 2. The lowest BCUT2D eigenvalue weighted by Gasteiger charge is -2.13. The van der Waals surface area contributed by atoms with Crippen molar-refractivity contribution >= 4 is 22.8 Å². The SMILES string of the molecule is CCCOc1ccccc1-c1cc(C(=O)NC(=N)N)c2ccccc2n1. The van der Waals surface area contributed by atoms with E-state index in [-0.39, 0.29) is 0 Å². The average molecular weight is 348 g/mol. The Labute approximate surface area is 151 Å². The Morgan fingerprint density at radius 2 is 1.92 bits per heavy atom. The largest absolute Gasteiger partial charge is 0.493 e. The highest BCUT2D eigenvalue weighted by Gasteiger charge is 2.16. The fourth-order valence-electron chi connectivity index (χ4n) is 2.71. The molecular formula is C20H20N4O2. The number of ether oxygens (including phenoxy) is 1. The number of nitrogens with two attached hydrogens (primary N) is 1. The molecule has 0 radical (unpaired) electrons. The summed E-state index contributed by atoms with van der Waals surface area (Å²) in [6.07, 6.45) is 0.895. The molecule has 1 heterocycles. The van der Waals surface area contributed by atoms with Gasteiger partial charge in [0.15, 0.2) is 5.96 Å². The van der Waals surface area contributed by atoms with Crippen LogP contribution in [0.4, 0.5) is 0 Å². The standard InChI is InChI=1S/C20H20N4O2/c1-2-11-26-18-10-6-4-8-14(18)17-12-15(19(25)24-20(21)22)13-7-3-5-9-16(13)23-17/h3-10,12H,2,11H2,1H3,(H4,21,22,24,25). The Hall–Kier alpha value is -3.41. The Kier molecular flexibility index (Phi) is 5.12. The fourth-order valence-corrected chi connectivity index (χ4v) is 2.71. The van der Waals surface area contributed by atoms with Crippen LogP contribution in [0, 0.1) is 5.41 Å². The van der Waals surface area contributed by atoms with Crippen molar-refractivity contribution in [1.29, 1.82) is 5.41 Å². The molecule has 3 aromatic rings. The van der Waals surface area contributed by atoms with Gasteiger partial charge in [-0.2, -0.15) is 0 Å². The van der Waals surface area contributed by atoms with Gasteiger partial charge in [0.05, 0.1) is 23.4 Å². The number of pyridine rings is 1. The summed E-state index contributed by atoms with van der Waals surface area (Å²) in [7, 11) is 0. The summed E-state index contributed by atoms with van der Waals surface area (Å²) < 4.78 is 5.82. The molecule has 1 amide bonds. The molecule has 0 fully saturated rings. The first-order valence-corrected chi connectivity index (χ1v) is 8.37. The molecule has 0 saturated carbocycles. The number of carbonyl (C=O) groups is 1. The minimum absolute atomic E-state index is 0.399. The number of guanidine groups is 1. The summed E-state index contributed by atoms with van der Waals surface area (Å²) in [6.45, 7) is 2.64. The van der Waals surface area contributed by atoms with Gasteiger partial charge in [-0.15, -0.1) is 0 Å². The number of hydrogen-bond acceptors (Lipinski definition) is 4. The molecule has 3 rings (SSSR count). The van der Waals surface area contributed by atoms with E-state index < -0.39 is 11.9 Å². The predicted octanol–water partition coefficient (Wildman–Crippen LogP) is 3.31. The first kappa shape index (κ1) is 17.4. The van der Waals surface area contributed by atoms with E-state index in [0.717, 1.165) is 17.7 Å². The average Bonchev–Trinajstić information content (AvgIpc) is 2.65. The van der Waals surface area contributed by atoms with Gasteiger partial charge in [-0.3, -0.25) is 15.5 Å². The van der Waals surface area contributed by atoms with E-state index in [1.807, 2.05) is 55.5 Å². The number of nitrogens with zero attached hydrogens (tertiary/aromatic N) is 1. The number of fused-ring (bicyclic) bond motifs is 1. The summed E-state index contributed by atoms with van der Waals surface area (Å²) in [6, 6.07) is 16.7. The number of rotatable bonds is 5. The van der Waals surface area contributed by atoms with Crippen LogP contribution < -0.4 is 15.8 Å². The van der Waals surface area contributed by atoms with Crippen molar-refractivity contribution in [3.05, 3.63) is 60.2 Å². The molecule has 4 N–H and O–H groups in total. The molecule has 0 aliphatic heterocycles. The molecule has 0 unspecified atom stereocenters. The molecule has 0 aliphatic carbocycles. The van der Waals surface area contributed by atoms with Crippen LogP contribution in [0.3, 0.4) is 0 Å². The minimum atomic E-state index is -0.440. The molecule has 6 nitrogen and oxygen atoms in total. The van der Waals surface area contributed by atoms with Crippen LogP contribution in [0.5, 0.6) is 5.75 Å². The number of benzene rings is 2. The Balaban J connectivity index is 2.16. The van der Waals surface area contributed by atoms with Gasteiger partial charge in [0.25, 0.3) is 5.91 Å². The third kappa shape index (κ3) is 3.64.